The molecule has 0 unspecified atom stereocenters. The largest absolute Gasteiger partial charge is 0.391 e. The van der Waals surface area contributed by atoms with E-state index in [4.69, 9.17) is 0 Å². The van der Waals surface area contributed by atoms with Crippen LogP contribution in [0, 0.1) is 23.2 Å². The topological polar surface area (TPSA) is 26.7 Å². The summed E-state index contributed by atoms with van der Waals surface area (Å²) in [4.78, 5) is 3.75. The van der Waals surface area contributed by atoms with E-state index in [9.17, 15) is 5.11 Å². The van der Waals surface area contributed by atoms with E-state index in [0.717, 1.165) is 37.4 Å². The summed E-state index contributed by atoms with van der Waals surface area (Å²) in [7, 11) is 2.21. The lowest BCUT2D eigenvalue weighted by atomic mass is 9.48. The highest BCUT2D eigenvalue weighted by Gasteiger charge is 2.53. The van der Waals surface area contributed by atoms with Crippen LogP contribution in [0.1, 0.15) is 51.4 Å². The van der Waals surface area contributed by atoms with Gasteiger partial charge in [0.25, 0.3) is 0 Å². The van der Waals surface area contributed by atoms with E-state index in [0.29, 0.717) is 0 Å². The Kier molecular flexibility index (Phi) is 5.96. The zero-order valence-corrected chi connectivity index (χ0v) is 20.8. The Hall–Kier alpha value is -1.49. The Bertz CT molecular complexity index is 956. The maximum Gasteiger partial charge on any atom is 0.0723 e. The maximum atomic E-state index is 11.3. The van der Waals surface area contributed by atoms with Crippen LogP contribution in [0.15, 0.2) is 53.4 Å². The summed E-state index contributed by atoms with van der Waals surface area (Å²) in [6, 6.07) is 17.6. The zero-order valence-electron chi connectivity index (χ0n) is 20.0. The van der Waals surface area contributed by atoms with E-state index in [1.165, 1.54) is 73.1 Å². The highest BCUT2D eigenvalue weighted by atomic mass is 32.2. The number of anilines is 1. The molecule has 0 spiro atoms. The molecule has 0 radical (unpaired) electrons. The van der Waals surface area contributed by atoms with Gasteiger partial charge in [-0.05, 0) is 118 Å². The van der Waals surface area contributed by atoms with Crippen LogP contribution in [0.5, 0.6) is 0 Å². The average Bonchev–Trinajstić information content (AvgIpc) is 2.81. The van der Waals surface area contributed by atoms with Crippen molar-refractivity contribution in [2.75, 3.05) is 31.0 Å². The molecule has 0 saturated heterocycles. The van der Waals surface area contributed by atoms with Crippen LogP contribution in [0.2, 0.25) is 0 Å². The molecule has 1 atom stereocenters. The second kappa shape index (κ2) is 8.94. The van der Waals surface area contributed by atoms with E-state index >= 15 is 0 Å². The minimum Gasteiger partial charge on any atom is -0.391 e. The molecule has 5 aliphatic rings. The van der Waals surface area contributed by atoms with Gasteiger partial charge in [0.1, 0.15) is 0 Å². The van der Waals surface area contributed by atoms with E-state index in [-0.39, 0.29) is 11.5 Å². The Morgan fingerprint density at radius 3 is 2.30 bits per heavy atom. The third kappa shape index (κ3) is 4.24. The molecule has 2 aromatic carbocycles. The Labute approximate surface area is 203 Å². The number of benzene rings is 2. The molecule has 0 aromatic heterocycles. The van der Waals surface area contributed by atoms with Gasteiger partial charge in [-0.15, -0.1) is 0 Å². The molecular weight excluding hydrogens is 424 g/mol. The molecule has 33 heavy (non-hydrogen) atoms. The van der Waals surface area contributed by atoms with Crippen LogP contribution in [-0.4, -0.2) is 42.8 Å². The lowest BCUT2D eigenvalue weighted by Crippen LogP contribution is -2.54. The number of aliphatic hydroxyl groups is 1. The fraction of sp³-hybridized carbons (Fsp3) is 0.586. The molecule has 1 heterocycles. The SMILES string of the molecule is CN(CCCCN1Sc2ccccc2-c2ccccc21)C[C@H](O)C12CC3CC(CC(C3)C1)C2. The van der Waals surface area contributed by atoms with Crippen LogP contribution in [-0.2, 0) is 0 Å². The highest BCUT2D eigenvalue weighted by molar-refractivity contribution is 8.01. The first-order valence-corrected chi connectivity index (χ1v) is 13.9. The summed E-state index contributed by atoms with van der Waals surface area (Å²) in [6.07, 6.45) is 10.4. The quantitative estimate of drug-likeness (QED) is 0.359. The van der Waals surface area contributed by atoms with Crippen LogP contribution >= 0.6 is 11.9 Å². The van der Waals surface area contributed by atoms with Gasteiger partial charge in [0.05, 0.1) is 11.8 Å². The summed E-state index contributed by atoms with van der Waals surface area (Å²) < 4.78 is 2.47. The predicted molar refractivity (Wildman–Crippen MR) is 138 cm³/mol. The van der Waals surface area contributed by atoms with Crippen molar-refractivity contribution in [3.8, 4) is 11.1 Å². The molecule has 176 valence electrons. The van der Waals surface area contributed by atoms with Crippen molar-refractivity contribution in [3.05, 3.63) is 48.5 Å². The van der Waals surface area contributed by atoms with E-state index in [1.54, 1.807) is 0 Å². The van der Waals surface area contributed by atoms with Gasteiger partial charge in [0.15, 0.2) is 0 Å². The molecule has 4 saturated carbocycles. The summed E-state index contributed by atoms with van der Waals surface area (Å²) >= 11 is 1.88. The zero-order chi connectivity index (χ0) is 22.4. The number of unbranched alkanes of at least 4 members (excludes halogenated alkanes) is 1. The molecule has 0 amide bonds. The molecule has 1 aliphatic heterocycles. The number of para-hydroxylation sites is 1. The smallest absolute Gasteiger partial charge is 0.0723 e. The monoisotopic (exact) mass is 462 g/mol. The first-order valence-electron chi connectivity index (χ1n) is 13.1. The standard InChI is InChI=1S/C29H38N2OS/c1-30(20-28(32)29-17-21-14-22(18-29)16-23(15-21)19-29)12-6-7-13-31-26-10-4-2-8-24(26)25-9-3-5-11-27(25)33-31/h2-5,8-11,21-23,28,32H,6-7,12-20H2,1H3/t21?,22?,23?,28-,29?/m0/s1. The van der Waals surface area contributed by atoms with Crippen molar-refractivity contribution in [1.82, 2.24) is 4.90 Å². The van der Waals surface area contributed by atoms with Crippen LogP contribution in [0.4, 0.5) is 5.69 Å². The second-order valence-electron chi connectivity index (χ2n) is 11.5. The van der Waals surface area contributed by atoms with Gasteiger partial charge < -0.3 is 14.3 Å². The van der Waals surface area contributed by atoms with E-state index in [1.807, 2.05) is 11.9 Å². The fourth-order valence-electron chi connectivity index (χ4n) is 7.82. The normalized spacial score (nSPS) is 30.4. The maximum absolute atomic E-state index is 11.3. The molecular formula is C29H38N2OS. The highest BCUT2D eigenvalue weighted by Crippen LogP contribution is 2.61. The van der Waals surface area contributed by atoms with Crippen molar-refractivity contribution < 1.29 is 5.11 Å². The minimum atomic E-state index is -0.142. The van der Waals surface area contributed by atoms with Gasteiger partial charge in [-0.25, -0.2) is 0 Å². The number of nitrogens with zero attached hydrogens (tertiary/aromatic N) is 2. The predicted octanol–water partition coefficient (Wildman–Crippen LogP) is 6.47. The van der Waals surface area contributed by atoms with Gasteiger partial charge in [0, 0.05) is 23.5 Å². The van der Waals surface area contributed by atoms with Crippen LogP contribution in [0.25, 0.3) is 11.1 Å². The first kappa shape index (κ1) is 22.0. The van der Waals surface area contributed by atoms with Gasteiger partial charge >= 0.3 is 0 Å². The molecule has 1 N–H and O–H groups in total. The van der Waals surface area contributed by atoms with Crippen LogP contribution < -0.4 is 4.31 Å². The lowest BCUT2D eigenvalue weighted by Gasteiger charge is -2.58. The third-order valence-corrected chi connectivity index (χ3v) is 10.1. The molecule has 3 nitrogen and oxygen atoms in total. The number of hydrogen-bond acceptors (Lipinski definition) is 4. The molecule has 4 aliphatic carbocycles. The molecule has 2 aromatic rings. The average molecular weight is 463 g/mol. The van der Waals surface area contributed by atoms with Gasteiger partial charge in [-0.1, -0.05) is 36.4 Å². The summed E-state index contributed by atoms with van der Waals surface area (Å²) in [5.74, 6) is 2.73. The fourth-order valence-corrected chi connectivity index (χ4v) is 8.96. The number of rotatable bonds is 8. The Morgan fingerprint density at radius 2 is 1.58 bits per heavy atom. The van der Waals surface area contributed by atoms with Crippen molar-refractivity contribution in [2.24, 2.45) is 23.2 Å². The Balaban J connectivity index is 1.01. The van der Waals surface area contributed by atoms with Gasteiger partial charge in [0.2, 0.25) is 0 Å². The molecule has 4 heteroatoms. The number of likely N-dealkylation sites (N-methyl/N-ethyl adjacent to an activating group) is 1. The number of hydrogen-bond donors (Lipinski definition) is 1. The lowest BCUT2D eigenvalue weighted by molar-refractivity contribution is -0.125. The van der Waals surface area contributed by atoms with Gasteiger partial charge in [-0.3, -0.25) is 0 Å². The van der Waals surface area contributed by atoms with Crippen molar-refractivity contribution in [3.63, 3.8) is 0 Å². The summed E-state index contributed by atoms with van der Waals surface area (Å²) in [5.41, 5.74) is 4.28. The number of aliphatic hydroxyl groups excluding tert-OH is 1. The van der Waals surface area contributed by atoms with Crippen molar-refractivity contribution >= 4 is 17.6 Å². The minimum absolute atomic E-state index is 0.142. The van der Waals surface area contributed by atoms with E-state index < -0.39 is 0 Å². The van der Waals surface area contributed by atoms with E-state index in [2.05, 4.69) is 64.8 Å². The first-order chi connectivity index (χ1) is 16.1. The third-order valence-electron chi connectivity index (χ3n) is 8.99. The van der Waals surface area contributed by atoms with Gasteiger partial charge in [-0.2, -0.15) is 0 Å². The van der Waals surface area contributed by atoms with Crippen LogP contribution in [0.3, 0.4) is 0 Å². The molecule has 7 rings (SSSR count). The van der Waals surface area contributed by atoms with Crippen molar-refractivity contribution in [1.29, 1.82) is 0 Å². The summed E-state index contributed by atoms with van der Waals surface area (Å²) in [5, 5.41) is 11.3. The molecule has 4 bridgehead atoms. The molecule has 4 fully saturated rings. The summed E-state index contributed by atoms with van der Waals surface area (Å²) in [6.45, 7) is 2.97. The van der Waals surface area contributed by atoms with Crippen molar-refractivity contribution in [2.45, 2.75) is 62.4 Å². The Morgan fingerprint density at radius 1 is 0.939 bits per heavy atom. The second-order valence-corrected chi connectivity index (χ2v) is 12.5. The number of fused-ring (bicyclic) bond motifs is 3.